The fourth-order valence-corrected chi connectivity index (χ4v) is 5.54. The van der Waals surface area contributed by atoms with Gasteiger partial charge in [-0.3, -0.25) is 13.9 Å². The second kappa shape index (κ2) is 14.2. The van der Waals surface area contributed by atoms with Gasteiger partial charge < -0.3 is 10.2 Å². The van der Waals surface area contributed by atoms with E-state index in [4.69, 9.17) is 34.8 Å². The molecule has 0 bridgehead atoms. The maximum atomic E-state index is 14.1. The summed E-state index contributed by atoms with van der Waals surface area (Å²) in [6, 6.07) is 19.4. The number of nitrogens with one attached hydrogen (secondary N) is 1. The number of nitrogens with zero attached hydrogens (tertiary/aromatic N) is 2. The van der Waals surface area contributed by atoms with Gasteiger partial charge in [-0.15, -0.1) is 0 Å². The quantitative estimate of drug-likeness (QED) is 0.275. The Morgan fingerprint density at radius 2 is 1.48 bits per heavy atom. The van der Waals surface area contributed by atoms with Crippen LogP contribution in [0, 0.1) is 5.92 Å². The highest BCUT2D eigenvalue weighted by molar-refractivity contribution is 7.92. The molecule has 0 spiro atoms. The van der Waals surface area contributed by atoms with Gasteiger partial charge in [0.2, 0.25) is 21.8 Å². The highest BCUT2D eigenvalue weighted by Gasteiger charge is 2.33. The van der Waals surface area contributed by atoms with Gasteiger partial charge in [-0.1, -0.05) is 85.0 Å². The molecule has 1 N–H and O–H groups in total. The third-order valence-corrected chi connectivity index (χ3v) is 8.24. The first-order valence-corrected chi connectivity index (χ1v) is 15.6. The molecule has 3 aromatic carbocycles. The molecule has 0 unspecified atom stereocenters. The van der Waals surface area contributed by atoms with E-state index in [9.17, 15) is 18.0 Å². The predicted octanol–water partition coefficient (Wildman–Crippen LogP) is 5.83. The Hall–Kier alpha value is -2.78. The molecule has 0 fully saturated rings. The summed E-state index contributed by atoms with van der Waals surface area (Å²) in [5.74, 6) is -0.794. The molecule has 0 aliphatic rings. The number of sulfonamides is 1. The van der Waals surface area contributed by atoms with Crippen LogP contribution in [0.4, 0.5) is 5.69 Å². The van der Waals surface area contributed by atoms with Crippen LogP contribution >= 0.6 is 34.8 Å². The van der Waals surface area contributed by atoms with Crippen molar-refractivity contribution in [3.63, 3.8) is 0 Å². The smallest absolute Gasteiger partial charge is 0.244 e. The van der Waals surface area contributed by atoms with E-state index in [1.165, 1.54) is 17.0 Å². The van der Waals surface area contributed by atoms with Crippen LogP contribution in [0.15, 0.2) is 72.8 Å². The van der Waals surface area contributed by atoms with Crippen molar-refractivity contribution in [1.29, 1.82) is 0 Å². The number of hydrogen-bond acceptors (Lipinski definition) is 4. The molecule has 2 amide bonds. The van der Waals surface area contributed by atoms with Gasteiger partial charge in [0.15, 0.2) is 0 Å². The minimum absolute atomic E-state index is 0.109. The Morgan fingerprint density at radius 3 is 2.02 bits per heavy atom. The second-order valence-electron chi connectivity index (χ2n) is 9.81. The number of hydrogen-bond donors (Lipinski definition) is 1. The molecule has 0 heterocycles. The lowest BCUT2D eigenvalue weighted by atomic mass is 10.0. The van der Waals surface area contributed by atoms with Crippen molar-refractivity contribution >= 4 is 62.3 Å². The van der Waals surface area contributed by atoms with Crippen LogP contribution in [-0.2, 0) is 32.6 Å². The van der Waals surface area contributed by atoms with Crippen molar-refractivity contribution in [2.24, 2.45) is 5.92 Å². The molecule has 3 rings (SSSR count). The molecule has 0 aliphatic heterocycles. The topological polar surface area (TPSA) is 86.8 Å². The third-order valence-electron chi connectivity index (χ3n) is 6.14. The molecule has 1 atom stereocenters. The van der Waals surface area contributed by atoms with Gasteiger partial charge in [0.05, 0.1) is 11.9 Å². The van der Waals surface area contributed by atoms with Gasteiger partial charge >= 0.3 is 0 Å². The van der Waals surface area contributed by atoms with E-state index < -0.39 is 28.5 Å². The van der Waals surface area contributed by atoms with Crippen LogP contribution in [0.5, 0.6) is 0 Å². The SMILES string of the molecule is CC(C)CNC(=O)[C@@H](Cc1ccccc1)N(Cc1c(Cl)cccc1Cl)C(=O)CN(c1ccc(Cl)cc1)S(C)(=O)=O. The third kappa shape index (κ3) is 8.86. The predicted molar refractivity (Wildman–Crippen MR) is 162 cm³/mol. The number of halogens is 3. The van der Waals surface area contributed by atoms with Crippen LogP contribution in [0.2, 0.25) is 15.1 Å². The number of anilines is 1. The number of amides is 2. The highest BCUT2D eigenvalue weighted by atomic mass is 35.5. The second-order valence-corrected chi connectivity index (χ2v) is 13.0. The van der Waals surface area contributed by atoms with Crippen LogP contribution in [0.3, 0.4) is 0 Å². The summed E-state index contributed by atoms with van der Waals surface area (Å²) in [5, 5.41) is 3.99. The molecule has 0 saturated carbocycles. The summed E-state index contributed by atoms with van der Waals surface area (Å²) in [5.41, 5.74) is 1.54. The number of benzene rings is 3. The number of carbonyl (C=O) groups excluding carboxylic acids is 2. The van der Waals surface area contributed by atoms with Gasteiger partial charge in [0.1, 0.15) is 12.6 Å². The first-order chi connectivity index (χ1) is 18.9. The van der Waals surface area contributed by atoms with Crippen molar-refractivity contribution in [2.75, 3.05) is 23.7 Å². The fourth-order valence-electron chi connectivity index (χ4n) is 4.05. The monoisotopic (exact) mass is 623 g/mol. The summed E-state index contributed by atoms with van der Waals surface area (Å²) in [6.45, 7) is 3.68. The van der Waals surface area contributed by atoms with Crippen molar-refractivity contribution in [3.8, 4) is 0 Å². The molecule has 11 heteroatoms. The molecule has 7 nitrogen and oxygen atoms in total. The van der Waals surface area contributed by atoms with E-state index in [2.05, 4.69) is 5.32 Å². The lowest BCUT2D eigenvalue weighted by molar-refractivity contribution is -0.140. The minimum atomic E-state index is -3.88. The van der Waals surface area contributed by atoms with Crippen molar-refractivity contribution in [3.05, 3.63) is 99.0 Å². The molecular formula is C29H32Cl3N3O4S. The Labute approximate surface area is 251 Å². The van der Waals surface area contributed by atoms with Crippen molar-refractivity contribution in [1.82, 2.24) is 10.2 Å². The maximum Gasteiger partial charge on any atom is 0.244 e. The van der Waals surface area contributed by atoms with Crippen LogP contribution in [-0.4, -0.2) is 50.5 Å². The van der Waals surface area contributed by atoms with Crippen LogP contribution in [0.1, 0.15) is 25.0 Å². The van der Waals surface area contributed by atoms with Crippen LogP contribution in [0.25, 0.3) is 0 Å². The zero-order valence-electron chi connectivity index (χ0n) is 22.5. The zero-order chi connectivity index (χ0) is 29.4. The van der Waals surface area contributed by atoms with E-state index >= 15 is 0 Å². The zero-order valence-corrected chi connectivity index (χ0v) is 25.6. The molecule has 214 valence electrons. The largest absolute Gasteiger partial charge is 0.354 e. The Bertz CT molecular complexity index is 1400. The summed E-state index contributed by atoms with van der Waals surface area (Å²) >= 11 is 18.9. The molecule has 0 saturated heterocycles. The molecule has 0 radical (unpaired) electrons. The lowest BCUT2D eigenvalue weighted by Crippen LogP contribution is -2.53. The first kappa shape index (κ1) is 31.7. The molecular weight excluding hydrogens is 593 g/mol. The van der Waals surface area contributed by atoms with Gasteiger partial charge in [0.25, 0.3) is 0 Å². The normalized spacial score (nSPS) is 12.2. The Morgan fingerprint density at radius 1 is 0.875 bits per heavy atom. The van der Waals surface area contributed by atoms with Gasteiger partial charge in [-0.05, 0) is 47.9 Å². The standard InChI is InChI=1S/C29H32Cl3N3O4S/c1-20(2)17-33-29(37)27(16-21-8-5-4-6-9-21)34(18-24-25(31)10-7-11-26(24)32)28(36)19-35(40(3,38)39)23-14-12-22(30)13-15-23/h4-15,20,27H,16-19H2,1-3H3,(H,33,37)/t27-/m1/s1. The van der Waals surface area contributed by atoms with E-state index in [0.717, 1.165) is 16.1 Å². The van der Waals surface area contributed by atoms with E-state index in [1.54, 1.807) is 30.3 Å². The summed E-state index contributed by atoms with van der Waals surface area (Å²) in [4.78, 5) is 29.1. The van der Waals surface area contributed by atoms with Gasteiger partial charge in [-0.2, -0.15) is 0 Å². The Kier molecular flexibility index (Phi) is 11.3. The minimum Gasteiger partial charge on any atom is -0.354 e. The maximum absolute atomic E-state index is 14.1. The summed E-state index contributed by atoms with van der Waals surface area (Å²) in [7, 11) is -3.88. The molecule has 40 heavy (non-hydrogen) atoms. The van der Waals surface area contributed by atoms with Crippen molar-refractivity contribution < 1.29 is 18.0 Å². The van der Waals surface area contributed by atoms with Gasteiger partial charge in [-0.25, -0.2) is 8.42 Å². The van der Waals surface area contributed by atoms with E-state index in [1.807, 2.05) is 44.2 Å². The molecule has 0 aromatic heterocycles. The van der Waals surface area contributed by atoms with Crippen molar-refractivity contribution in [2.45, 2.75) is 32.9 Å². The average Bonchev–Trinajstić information content (AvgIpc) is 2.89. The number of rotatable bonds is 12. The number of carbonyl (C=O) groups is 2. The fraction of sp³-hybridized carbons (Fsp3) is 0.310. The average molecular weight is 625 g/mol. The lowest BCUT2D eigenvalue weighted by Gasteiger charge is -2.34. The molecule has 0 aliphatic carbocycles. The van der Waals surface area contributed by atoms with Crippen LogP contribution < -0.4 is 9.62 Å². The Balaban J connectivity index is 2.08. The summed E-state index contributed by atoms with van der Waals surface area (Å²) < 4.78 is 26.6. The first-order valence-electron chi connectivity index (χ1n) is 12.6. The van der Waals surface area contributed by atoms with E-state index in [-0.39, 0.29) is 30.5 Å². The summed E-state index contributed by atoms with van der Waals surface area (Å²) in [6.07, 6.45) is 1.21. The highest BCUT2D eigenvalue weighted by Crippen LogP contribution is 2.28. The van der Waals surface area contributed by atoms with E-state index in [0.29, 0.717) is 27.2 Å². The molecule has 3 aromatic rings. The van der Waals surface area contributed by atoms with Gasteiger partial charge in [0, 0.05) is 40.1 Å².